The van der Waals surface area contributed by atoms with Crippen molar-refractivity contribution < 1.29 is 5.11 Å². The molecule has 0 spiro atoms. The Balaban J connectivity index is 2.05. The minimum Gasteiger partial charge on any atom is -0.386 e. The highest BCUT2D eigenvalue weighted by Crippen LogP contribution is 2.54. The molecule has 0 aromatic carbocycles. The summed E-state index contributed by atoms with van der Waals surface area (Å²) in [5.41, 5.74) is 2.73. The van der Waals surface area contributed by atoms with E-state index in [2.05, 4.69) is 26.5 Å². The second-order valence-corrected chi connectivity index (χ2v) is 8.11. The van der Waals surface area contributed by atoms with Crippen LogP contribution in [-0.2, 0) is 0 Å². The zero-order valence-corrected chi connectivity index (χ0v) is 14.3. The Hall–Kier alpha value is -0.820. The third-order valence-electron chi connectivity index (χ3n) is 5.67. The second kappa shape index (κ2) is 6.12. The molecule has 1 N–H and O–H groups in total. The standard InChI is InChI=1S/C20H32O/c1-15(8-6-11-19(3,4)21)17-10-13-20(5)12-7-9-16(2)18(20)14-17/h6,8,11,17-18,21H,2,7,9-10,12-14H2,1,3-5H3/b11-6-,15-8+/t17-,18-,20+/m0/s1. The van der Waals surface area contributed by atoms with Gasteiger partial charge in [0.05, 0.1) is 5.60 Å². The van der Waals surface area contributed by atoms with Crippen LogP contribution in [0.2, 0.25) is 0 Å². The summed E-state index contributed by atoms with van der Waals surface area (Å²) in [6.07, 6.45) is 13.9. The van der Waals surface area contributed by atoms with Crippen molar-refractivity contribution in [1.29, 1.82) is 0 Å². The topological polar surface area (TPSA) is 20.2 Å². The van der Waals surface area contributed by atoms with E-state index in [-0.39, 0.29) is 0 Å². The molecule has 0 unspecified atom stereocenters. The second-order valence-electron chi connectivity index (χ2n) is 8.11. The molecule has 118 valence electrons. The Bertz CT molecular complexity index is 449. The van der Waals surface area contributed by atoms with E-state index in [1.165, 1.54) is 49.7 Å². The van der Waals surface area contributed by atoms with Crippen LogP contribution in [0.3, 0.4) is 0 Å². The van der Waals surface area contributed by atoms with Gasteiger partial charge in [-0.3, -0.25) is 0 Å². The summed E-state index contributed by atoms with van der Waals surface area (Å²) in [5.74, 6) is 1.40. The van der Waals surface area contributed by atoms with Crippen LogP contribution in [0.25, 0.3) is 0 Å². The minimum atomic E-state index is -0.723. The number of rotatable bonds is 3. The van der Waals surface area contributed by atoms with Crippen molar-refractivity contribution in [2.24, 2.45) is 17.3 Å². The molecule has 0 aromatic rings. The number of aliphatic hydroxyl groups is 1. The molecule has 3 atom stereocenters. The molecule has 0 aromatic heterocycles. The molecule has 1 heteroatoms. The van der Waals surface area contributed by atoms with Gasteiger partial charge in [0.25, 0.3) is 0 Å². The lowest BCUT2D eigenvalue weighted by Gasteiger charge is -2.49. The van der Waals surface area contributed by atoms with Gasteiger partial charge in [-0.25, -0.2) is 0 Å². The van der Waals surface area contributed by atoms with Crippen LogP contribution in [0.5, 0.6) is 0 Å². The predicted molar refractivity (Wildman–Crippen MR) is 91.1 cm³/mol. The van der Waals surface area contributed by atoms with E-state index >= 15 is 0 Å². The zero-order valence-electron chi connectivity index (χ0n) is 14.3. The van der Waals surface area contributed by atoms with Crippen LogP contribution in [0, 0.1) is 17.3 Å². The number of allylic oxidation sites excluding steroid dienone is 4. The molecule has 2 aliphatic rings. The zero-order chi connectivity index (χ0) is 15.7. The Labute approximate surface area is 130 Å². The van der Waals surface area contributed by atoms with Crippen LogP contribution in [0.1, 0.15) is 66.2 Å². The van der Waals surface area contributed by atoms with Crippen LogP contribution < -0.4 is 0 Å². The Kier molecular flexibility index (Phi) is 4.82. The van der Waals surface area contributed by atoms with Crippen molar-refractivity contribution in [2.75, 3.05) is 0 Å². The number of hydrogen-bond donors (Lipinski definition) is 1. The summed E-state index contributed by atoms with van der Waals surface area (Å²) in [4.78, 5) is 0. The van der Waals surface area contributed by atoms with Crippen molar-refractivity contribution in [1.82, 2.24) is 0 Å². The molecule has 2 saturated carbocycles. The van der Waals surface area contributed by atoms with E-state index in [9.17, 15) is 5.11 Å². The van der Waals surface area contributed by atoms with Gasteiger partial charge in [0, 0.05) is 0 Å². The molecule has 2 fully saturated rings. The van der Waals surface area contributed by atoms with Gasteiger partial charge >= 0.3 is 0 Å². The van der Waals surface area contributed by atoms with Gasteiger partial charge in [0.15, 0.2) is 0 Å². The maximum absolute atomic E-state index is 9.74. The van der Waals surface area contributed by atoms with E-state index < -0.39 is 5.60 Å². The van der Waals surface area contributed by atoms with E-state index in [1.54, 1.807) is 0 Å². The van der Waals surface area contributed by atoms with Crippen molar-refractivity contribution in [3.63, 3.8) is 0 Å². The minimum absolute atomic E-state index is 0.509. The molecule has 2 aliphatic carbocycles. The molecular formula is C20H32O. The Morgan fingerprint density at radius 1 is 1.38 bits per heavy atom. The van der Waals surface area contributed by atoms with Gasteiger partial charge in [-0.1, -0.05) is 42.9 Å². The fraction of sp³-hybridized carbons (Fsp3) is 0.700. The monoisotopic (exact) mass is 288 g/mol. The van der Waals surface area contributed by atoms with Crippen LogP contribution >= 0.6 is 0 Å². The van der Waals surface area contributed by atoms with Crippen molar-refractivity contribution in [3.05, 3.63) is 36.0 Å². The normalized spacial score (nSPS) is 35.1. The lowest BCUT2D eigenvalue weighted by Crippen LogP contribution is -2.38. The summed E-state index contributed by atoms with van der Waals surface area (Å²) < 4.78 is 0. The van der Waals surface area contributed by atoms with E-state index in [0.29, 0.717) is 17.3 Å². The summed E-state index contributed by atoms with van der Waals surface area (Å²) >= 11 is 0. The third-order valence-corrected chi connectivity index (χ3v) is 5.67. The average molecular weight is 288 g/mol. The van der Waals surface area contributed by atoms with Gasteiger partial charge in [-0.05, 0) is 76.5 Å². The first-order chi connectivity index (χ1) is 9.71. The summed E-state index contributed by atoms with van der Waals surface area (Å²) in [6, 6.07) is 0. The smallest absolute Gasteiger partial charge is 0.0774 e. The molecule has 0 amide bonds. The third kappa shape index (κ3) is 4.10. The van der Waals surface area contributed by atoms with Crippen LogP contribution in [0.4, 0.5) is 0 Å². The fourth-order valence-corrected chi connectivity index (χ4v) is 4.20. The van der Waals surface area contributed by atoms with Gasteiger partial charge in [-0.2, -0.15) is 0 Å². The highest BCUT2D eigenvalue weighted by Gasteiger charge is 2.42. The van der Waals surface area contributed by atoms with E-state index in [1.807, 2.05) is 26.0 Å². The summed E-state index contributed by atoms with van der Waals surface area (Å²) in [6.45, 7) is 12.7. The van der Waals surface area contributed by atoms with E-state index in [4.69, 9.17) is 0 Å². The molecule has 0 heterocycles. The van der Waals surface area contributed by atoms with Crippen molar-refractivity contribution in [3.8, 4) is 0 Å². The summed E-state index contributed by atoms with van der Waals surface area (Å²) in [5, 5.41) is 9.74. The molecular weight excluding hydrogens is 256 g/mol. The maximum atomic E-state index is 9.74. The van der Waals surface area contributed by atoms with Gasteiger partial charge in [0.2, 0.25) is 0 Å². The van der Waals surface area contributed by atoms with Crippen molar-refractivity contribution >= 4 is 0 Å². The lowest BCUT2D eigenvalue weighted by atomic mass is 9.56. The Morgan fingerprint density at radius 3 is 2.76 bits per heavy atom. The molecule has 0 saturated heterocycles. The quantitative estimate of drug-likeness (QED) is 0.543. The first-order valence-corrected chi connectivity index (χ1v) is 8.47. The lowest BCUT2D eigenvalue weighted by molar-refractivity contribution is 0.0831. The largest absolute Gasteiger partial charge is 0.386 e. The SMILES string of the molecule is C=C1CCC[C@]2(C)CC[C@H](/C(C)=C/C=C\C(C)(C)O)C[C@@H]12. The molecule has 0 radical (unpaired) electrons. The van der Waals surface area contributed by atoms with Gasteiger partial charge in [-0.15, -0.1) is 0 Å². The number of fused-ring (bicyclic) bond motifs is 1. The highest BCUT2D eigenvalue weighted by atomic mass is 16.3. The van der Waals surface area contributed by atoms with Crippen molar-refractivity contribution in [2.45, 2.75) is 71.8 Å². The highest BCUT2D eigenvalue weighted by molar-refractivity contribution is 5.20. The number of hydrogen-bond acceptors (Lipinski definition) is 1. The first kappa shape index (κ1) is 16.5. The molecule has 0 bridgehead atoms. The maximum Gasteiger partial charge on any atom is 0.0774 e. The molecule has 0 aliphatic heterocycles. The van der Waals surface area contributed by atoms with Crippen LogP contribution in [-0.4, -0.2) is 10.7 Å². The van der Waals surface area contributed by atoms with Gasteiger partial charge < -0.3 is 5.11 Å². The Morgan fingerprint density at radius 2 is 2.10 bits per heavy atom. The molecule has 1 nitrogen and oxygen atoms in total. The fourth-order valence-electron chi connectivity index (χ4n) is 4.20. The average Bonchev–Trinajstić information content (AvgIpc) is 2.36. The van der Waals surface area contributed by atoms with Crippen LogP contribution in [0.15, 0.2) is 36.0 Å². The summed E-state index contributed by atoms with van der Waals surface area (Å²) in [7, 11) is 0. The predicted octanol–water partition coefficient (Wildman–Crippen LogP) is 5.42. The molecule has 21 heavy (non-hydrogen) atoms. The molecule has 2 rings (SSSR count). The first-order valence-electron chi connectivity index (χ1n) is 8.47. The van der Waals surface area contributed by atoms with E-state index in [0.717, 1.165) is 0 Å². The van der Waals surface area contributed by atoms with Gasteiger partial charge in [0.1, 0.15) is 0 Å².